The van der Waals surface area contributed by atoms with Gasteiger partial charge < -0.3 is 78.4 Å². The van der Waals surface area contributed by atoms with Crippen LogP contribution >= 0.6 is 0 Å². The number of rotatable bonds is 9. The van der Waals surface area contributed by atoms with Crippen LogP contribution < -0.4 is 49.0 Å². The first-order valence-corrected chi connectivity index (χ1v) is 43.4. The van der Waals surface area contributed by atoms with Crippen molar-refractivity contribution in [2.45, 2.75) is 159 Å². The molecule has 0 aromatic heterocycles. The summed E-state index contributed by atoms with van der Waals surface area (Å²) in [4.78, 5) is 38.1. The van der Waals surface area contributed by atoms with Gasteiger partial charge >= 0.3 is 0 Å². The normalized spacial score (nSPS) is 22.8. The Morgan fingerprint density at radius 3 is 0.746 bits per heavy atom. The topological polar surface area (TPSA) is 51.8 Å². The van der Waals surface area contributed by atoms with E-state index in [1.165, 1.54) is 157 Å². The molecule has 14 aliphatic rings. The first-order chi connectivity index (χ1) is 59.1. The van der Waals surface area contributed by atoms with Crippen molar-refractivity contribution in [3.63, 3.8) is 0 Å². The van der Waals surface area contributed by atoms with E-state index < -0.39 is 0 Å². The molecule has 14 aliphatic heterocycles. The summed E-state index contributed by atoms with van der Waals surface area (Å²) in [6.07, 6.45) is 66.7. The summed E-state index contributed by atoms with van der Waals surface area (Å²) in [7, 11) is 4.42. The zero-order chi connectivity index (χ0) is 84.4. The fourth-order valence-corrected chi connectivity index (χ4v) is 20.1. The smallest absolute Gasteiger partial charge is 0.107 e. The van der Waals surface area contributed by atoms with Crippen LogP contribution in [0.1, 0.15) is 109 Å². The molecule has 16 nitrogen and oxygen atoms in total. The lowest BCUT2D eigenvalue weighted by Crippen LogP contribution is -2.46. The van der Waals surface area contributed by atoms with E-state index in [9.17, 15) is 0 Å². The van der Waals surface area contributed by atoms with Crippen molar-refractivity contribution in [2.75, 3.05) is 63.1 Å². The van der Waals surface area contributed by atoms with Crippen molar-refractivity contribution in [1.82, 2.24) is 29.4 Å². The highest BCUT2D eigenvalue weighted by Crippen LogP contribution is 2.52. The Hall–Kier alpha value is -13.6. The molecule has 0 unspecified atom stereocenters. The number of anilines is 12. The Morgan fingerprint density at radius 2 is 0.467 bits per heavy atom. The number of hydrogen-bond donors (Lipinski definition) is 0. The summed E-state index contributed by atoms with van der Waals surface area (Å²) in [5.41, 5.74) is 30.5. The minimum absolute atomic E-state index is 0.181. The highest BCUT2D eigenvalue weighted by Gasteiger charge is 2.40. The lowest BCUT2D eigenvalue weighted by molar-refractivity contribution is 0.401. The number of aryl methyl sites for hydroxylation is 1. The van der Waals surface area contributed by atoms with Crippen LogP contribution in [0.5, 0.6) is 0 Å². The van der Waals surface area contributed by atoms with Crippen LogP contribution in [0.3, 0.4) is 0 Å². The van der Waals surface area contributed by atoms with Crippen molar-refractivity contribution < 1.29 is 0 Å². The number of allylic oxidation sites excluding steroid dienone is 18. The highest BCUT2D eigenvalue weighted by molar-refractivity contribution is 6.09. The molecule has 8 atom stereocenters. The molecule has 0 saturated carbocycles. The van der Waals surface area contributed by atoms with E-state index in [1.54, 1.807) is 0 Å². The maximum absolute atomic E-state index is 2.51. The second-order valence-corrected chi connectivity index (χ2v) is 34.3. The molecule has 22 rings (SSSR count). The average molecular weight is 1610 g/mol. The number of nitrogens with zero attached hydrogens (tertiary/aromatic N) is 16. The molecule has 0 radical (unpaired) electrons. The molecule has 8 aromatic rings. The molecule has 0 saturated heterocycles. The Labute approximate surface area is 721 Å². The molecule has 0 fully saturated rings. The van der Waals surface area contributed by atoms with E-state index in [0.717, 1.165) is 0 Å². The van der Waals surface area contributed by atoms with Crippen LogP contribution in [0, 0.1) is 34.6 Å². The Bertz CT molecular complexity index is 5820. The lowest BCUT2D eigenvalue weighted by atomic mass is 9.97. The molecule has 8 aromatic carbocycles. The van der Waals surface area contributed by atoms with Gasteiger partial charge in [-0.25, -0.2) is 0 Å². The van der Waals surface area contributed by atoms with E-state index in [2.05, 4.69) is 514 Å². The zero-order valence-electron chi connectivity index (χ0n) is 73.4. The molecule has 0 N–H and O–H groups in total. The maximum atomic E-state index is 2.51. The molecular weight excluding hydrogens is 1500 g/mol. The quantitative estimate of drug-likeness (QED) is 0.138. The van der Waals surface area contributed by atoms with Gasteiger partial charge in [0, 0.05) is 156 Å². The van der Waals surface area contributed by atoms with Gasteiger partial charge in [-0.05, 0) is 286 Å². The third kappa shape index (κ3) is 13.1. The van der Waals surface area contributed by atoms with Crippen molar-refractivity contribution in [3.8, 4) is 0 Å². The first kappa shape index (κ1) is 78.3. The van der Waals surface area contributed by atoms with E-state index >= 15 is 0 Å². The Balaban J connectivity index is 0.000000108. The Morgan fingerprint density at radius 1 is 0.238 bits per heavy atom. The van der Waals surface area contributed by atoms with Crippen LogP contribution in [0.2, 0.25) is 0 Å². The zero-order valence-corrected chi connectivity index (χ0v) is 73.4. The molecule has 14 heterocycles. The second-order valence-electron chi connectivity index (χ2n) is 34.3. The van der Waals surface area contributed by atoms with Gasteiger partial charge in [-0.3, -0.25) is 0 Å². The minimum atomic E-state index is 0.181. The summed E-state index contributed by atoms with van der Waals surface area (Å²) in [6, 6.07) is 49.4. The van der Waals surface area contributed by atoms with E-state index in [0.29, 0.717) is 5.92 Å². The molecule has 0 aliphatic carbocycles. The van der Waals surface area contributed by atoms with Crippen molar-refractivity contribution >= 4 is 89.8 Å². The third-order valence-corrected chi connectivity index (χ3v) is 27.1. The van der Waals surface area contributed by atoms with Crippen LogP contribution in [0.25, 0.3) is 21.5 Å². The predicted molar refractivity (Wildman–Crippen MR) is 512 cm³/mol. The fourth-order valence-electron chi connectivity index (χ4n) is 20.1. The van der Waals surface area contributed by atoms with Crippen LogP contribution in [-0.2, 0) is 0 Å². The number of fused-ring (bicyclic) bond motifs is 6. The third-order valence-electron chi connectivity index (χ3n) is 27.1. The van der Waals surface area contributed by atoms with Crippen LogP contribution in [0.15, 0.2) is 351 Å². The van der Waals surface area contributed by atoms with Gasteiger partial charge in [-0.15, -0.1) is 0 Å². The number of hydrogen-bond acceptors (Lipinski definition) is 16. The summed E-state index contributed by atoms with van der Waals surface area (Å²) in [5.74, 6) is 0.462. The first-order valence-electron chi connectivity index (χ1n) is 43.4. The largest absolute Gasteiger partial charge is 0.354 e. The summed E-state index contributed by atoms with van der Waals surface area (Å²) < 4.78 is 0. The van der Waals surface area contributed by atoms with Gasteiger partial charge in [0.2, 0.25) is 0 Å². The van der Waals surface area contributed by atoms with Gasteiger partial charge in [-0.2, -0.15) is 0 Å². The van der Waals surface area contributed by atoms with E-state index in [4.69, 9.17) is 0 Å². The van der Waals surface area contributed by atoms with E-state index in [-0.39, 0.29) is 49.3 Å². The molecule has 0 spiro atoms. The summed E-state index contributed by atoms with van der Waals surface area (Å²) in [6.45, 7) is 33.9. The minimum Gasteiger partial charge on any atom is -0.354 e. The van der Waals surface area contributed by atoms with E-state index in [1.807, 2.05) is 0 Å². The second kappa shape index (κ2) is 31.2. The maximum Gasteiger partial charge on any atom is 0.107 e. The van der Waals surface area contributed by atoms with Crippen LogP contribution in [0.4, 0.5) is 68.2 Å². The Kier molecular flexibility index (Phi) is 20.0. The molecule has 616 valence electrons. The van der Waals surface area contributed by atoms with Gasteiger partial charge in [0.25, 0.3) is 0 Å². The van der Waals surface area contributed by atoms with Crippen molar-refractivity contribution in [2.24, 2.45) is 0 Å². The summed E-state index contributed by atoms with van der Waals surface area (Å²) in [5, 5.41) is 5.20. The van der Waals surface area contributed by atoms with Crippen molar-refractivity contribution in [1.29, 1.82) is 0 Å². The monoisotopic (exact) mass is 1610 g/mol. The average Bonchev–Trinajstić information content (AvgIpc) is 1.09. The summed E-state index contributed by atoms with van der Waals surface area (Å²) >= 11 is 0. The van der Waals surface area contributed by atoms with Gasteiger partial charge in [0.1, 0.15) is 49.3 Å². The SMILES string of the molecule is Cc1c(N2C=C3C=CC=CN3[C@H]2C)cc(C(C)C)cc1N1C=C2C=CC=CN2[C@@H]1C.Cc1c(N2C=C3C=CC=CN3[C@H]2C)cccc1N1C=C2C=CC=CN2[C@@H]1C.Cc1c(N2c3cccc4cccc(c34)N(C)[C@H]2C)cccc1N1c2cccc3cccc(c23)N(C)[C@@H]1C.Cc1cc(N2C=C3C=CC=CN3[C@H]2C)c(C)c(N2C=C3C=CC=CN3[C@@H]2C)c1. The highest BCUT2D eigenvalue weighted by atomic mass is 15.4. The number of benzene rings is 8. The molecule has 122 heavy (non-hydrogen) atoms. The standard InChI is InChI=1S/C33H32N4.C26H30N4.C24H26N4.C23H24N4/c1-21-26(36-22(2)34(4)28-17-6-11-24-13-8-19-30(36)32(24)28)15-10-16-27(21)37-23(3)35(5)29-18-7-12-25-14-9-20-31(37)33(25)29;1-18(2)22-14-25(29-16-23-10-6-8-12-27(23)20(29)4)19(3)26(15-22)30-17-24-11-7-9-13-28(24)21(30)5;1-17-13-23(27-15-21-9-5-7-11-25(21)19(27)3)18(2)24(14-17)28-16-22-10-6-8-12-26(22)20(28)4;1-17-22(26-15-20-9-4-6-13-24(20)18(26)2)11-8-12-23(17)27-16-21-10-5-7-14-25(21)19(27)3/h6-20,22-23H,1-5H3;6-18,20-21H,1-5H3;5-16,19-20H,1-4H3;4-16,18-19H,1-3H3/t22-,23+;20-,21+;19-,20+;18-,19+. The van der Waals surface area contributed by atoms with Gasteiger partial charge in [-0.1, -0.05) is 111 Å². The molecular formula is C106H112N16. The fraction of sp³-hybridized carbons (Fsp3) is 0.245. The molecule has 0 bridgehead atoms. The van der Waals surface area contributed by atoms with Crippen molar-refractivity contribution in [3.05, 3.63) is 385 Å². The molecule has 0 amide bonds. The lowest BCUT2D eigenvalue weighted by Gasteiger charge is -2.46. The van der Waals surface area contributed by atoms with Gasteiger partial charge in [0.15, 0.2) is 0 Å². The van der Waals surface area contributed by atoms with Crippen LogP contribution in [-0.4, -0.2) is 92.8 Å². The van der Waals surface area contributed by atoms with Gasteiger partial charge in [0.05, 0.1) is 45.6 Å². The predicted octanol–water partition coefficient (Wildman–Crippen LogP) is 23.9. The molecule has 16 heteroatoms.